The molecule has 0 aromatic heterocycles. The Balaban J connectivity index is 2.24. The van der Waals surface area contributed by atoms with Crippen molar-refractivity contribution in [2.75, 3.05) is 0 Å². The largest absolute Gasteiger partial charge is 0.354 e. The number of nitrogens with zero attached hydrogens (tertiary/aromatic N) is 1. The first-order valence-electron chi connectivity index (χ1n) is 5.88. The summed E-state index contributed by atoms with van der Waals surface area (Å²) in [5.41, 5.74) is 1.80. The van der Waals surface area contributed by atoms with Crippen molar-refractivity contribution < 1.29 is 4.79 Å². The summed E-state index contributed by atoms with van der Waals surface area (Å²) >= 11 is 6.06. The highest BCUT2D eigenvalue weighted by atomic mass is 35.5. The first-order chi connectivity index (χ1) is 8.47. The van der Waals surface area contributed by atoms with E-state index in [1.54, 1.807) is 6.07 Å². The van der Waals surface area contributed by atoms with Gasteiger partial charge < -0.3 is 5.32 Å². The van der Waals surface area contributed by atoms with Crippen LogP contribution in [0.2, 0.25) is 5.02 Å². The second-order valence-electron chi connectivity index (χ2n) is 4.68. The molecule has 1 heterocycles. The first-order valence-corrected chi connectivity index (χ1v) is 6.26. The molecule has 4 nitrogen and oxygen atoms in total. The van der Waals surface area contributed by atoms with E-state index in [1.807, 2.05) is 32.9 Å². The molecule has 1 aromatic rings. The molecule has 5 heteroatoms. The number of aliphatic imine (C=N–C) groups is 1. The zero-order valence-electron chi connectivity index (χ0n) is 10.6. The van der Waals surface area contributed by atoms with Gasteiger partial charge in [-0.1, -0.05) is 23.7 Å². The Morgan fingerprint density at radius 3 is 2.78 bits per heavy atom. The molecule has 1 unspecified atom stereocenters. The molecular formula is C13H16ClN3O. The molecule has 1 aliphatic heterocycles. The van der Waals surface area contributed by atoms with Gasteiger partial charge in [-0.05, 0) is 38.0 Å². The van der Waals surface area contributed by atoms with E-state index < -0.39 is 6.04 Å². The summed E-state index contributed by atoms with van der Waals surface area (Å²) in [5, 5.41) is 6.46. The number of carbonyl (C=O) groups is 1. The Morgan fingerprint density at radius 1 is 1.44 bits per heavy atom. The maximum absolute atomic E-state index is 11.9. The van der Waals surface area contributed by atoms with Crippen LogP contribution in [0.5, 0.6) is 0 Å². The Labute approximate surface area is 111 Å². The maximum atomic E-state index is 11.9. The molecule has 0 radical (unpaired) electrons. The average molecular weight is 266 g/mol. The van der Waals surface area contributed by atoms with Gasteiger partial charge in [0.05, 0.1) is 0 Å². The number of nitrogens with one attached hydrogen (secondary N) is 2. The number of carbonyl (C=O) groups excluding carboxylic acids is 1. The van der Waals surface area contributed by atoms with Crippen molar-refractivity contribution in [1.82, 2.24) is 10.6 Å². The van der Waals surface area contributed by atoms with E-state index in [0.717, 1.165) is 11.1 Å². The van der Waals surface area contributed by atoms with Crippen LogP contribution in [0.25, 0.3) is 0 Å². The molecule has 0 saturated heterocycles. The minimum Gasteiger partial charge on any atom is -0.354 e. The molecule has 18 heavy (non-hydrogen) atoms. The van der Waals surface area contributed by atoms with Crippen LogP contribution in [-0.4, -0.2) is 17.9 Å². The Kier molecular flexibility index (Phi) is 3.57. The molecular weight excluding hydrogens is 250 g/mol. The standard InChI is InChI=1S/C13H16ClN3O/c1-7(2)15-13-16-11(12(18)17-13)9-5-4-8(3)10(14)6-9/h4-7,11H,1-3H3,(H2,15,16,17,18). The van der Waals surface area contributed by atoms with E-state index in [9.17, 15) is 4.79 Å². The smallest absolute Gasteiger partial charge is 0.256 e. The van der Waals surface area contributed by atoms with Crippen molar-refractivity contribution in [2.24, 2.45) is 4.99 Å². The summed E-state index contributed by atoms with van der Waals surface area (Å²) in [7, 11) is 0. The fraction of sp³-hybridized carbons (Fsp3) is 0.385. The van der Waals surface area contributed by atoms with Crippen LogP contribution in [-0.2, 0) is 4.79 Å². The van der Waals surface area contributed by atoms with Crippen LogP contribution >= 0.6 is 11.6 Å². The summed E-state index contributed by atoms with van der Waals surface area (Å²) in [5.74, 6) is 0.398. The van der Waals surface area contributed by atoms with Gasteiger partial charge in [0.1, 0.15) is 0 Å². The molecule has 96 valence electrons. The lowest BCUT2D eigenvalue weighted by atomic mass is 10.1. The van der Waals surface area contributed by atoms with Gasteiger partial charge >= 0.3 is 0 Å². The second-order valence-corrected chi connectivity index (χ2v) is 5.08. The van der Waals surface area contributed by atoms with Gasteiger partial charge in [0.25, 0.3) is 5.91 Å². The van der Waals surface area contributed by atoms with Gasteiger partial charge in [-0.3, -0.25) is 10.1 Å². The quantitative estimate of drug-likeness (QED) is 0.861. The molecule has 1 aliphatic rings. The third-order valence-corrected chi connectivity index (χ3v) is 3.09. The molecule has 0 bridgehead atoms. The van der Waals surface area contributed by atoms with Crippen LogP contribution in [0, 0.1) is 6.92 Å². The third-order valence-electron chi connectivity index (χ3n) is 2.69. The normalized spacial score (nSPS) is 18.8. The third kappa shape index (κ3) is 2.64. The lowest BCUT2D eigenvalue weighted by Crippen LogP contribution is -2.40. The van der Waals surface area contributed by atoms with Crippen molar-refractivity contribution >= 4 is 23.5 Å². The first kappa shape index (κ1) is 12.9. The van der Waals surface area contributed by atoms with Gasteiger partial charge in [-0.25, -0.2) is 4.99 Å². The average Bonchev–Trinajstić information content (AvgIpc) is 2.62. The van der Waals surface area contributed by atoms with Gasteiger partial charge in [0, 0.05) is 11.1 Å². The maximum Gasteiger partial charge on any atom is 0.256 e. The van der Waals surface area contributed by atoms with Crippen LogP contribution in [0.15, 0.2) is 23.2 Å². The Bertz CT molecular complexity index is 511. The van der Waals surface area contributed by atoms with Gasteiger partial charge in [-0.15, -0.1) is 0 Å². The second kappa shape index (κ2) is 4.98. The minimum atomic E-state index is -0.510. The van der Waals surface area contributed by atoms with Crippen LogP contribution in [0.4, 0.5) is 0 Å². The predicted molar refractivity (Wildman–Crippen MR) is 72.8 cm³/mol. The number of hydrogen-bond acceptors (Lipinski definition) is 3. The molecule has 1 aromatic carbocycles. The number of benzene rings is 1. The van der Waals surface area contributed by atoms with E-state index in [0.29, 0.717) is 11.0 Å². The highest BCUT2D eigenvalue weighted by Gasteiger charge is 2.28. The SMILES string of the molecule is Cc1ccc(C2N=C(NC(C)C)NC2=O)cc1Cl. The number of rotatable bonds is 2. The number of hydrogen-bond donors (Lipinski definition) is 2. The molecule has 2 N–H and O–H groups in total. The number of guanidine groups is 1. The van der Waals surface area contributed by atoms with Gasteiger partial charge in [0.15, 0.2) is 12.0 Å². The lowest BCUT2D eigenvalue weighted by Gasteiger charge is -2.07. The van der Waals surface area contributed by atoms with Gasteiger partial charge in [-0.2, -0.15) is 0 Å². The molecule has 1 atom stereocenters. The molecule has 0 aliphatic carbocycles. The summed E-state index contributed by atoms with van der Waals surface area (Å²) in [4.78, 5) is 16.2. The van der Waals surface area contributed by atoms with Crippen LogP contribution in [0.1, 0.15) is 31.0 Å². The van der Waals surface area contributed by atoms with Crippen molar-refractivity contribution in [3.63, 3.8) is 0 Å². The van der Waals surface area contributed by atoms with Crippen molar-refractivity contribution in [3.8, 4) is 0 Å². The molecule has 0 spiro atoms. The Morgan fingerprint density at radius 2 is 2.17 bits per heavy atom. The van der Waals surface area contributed by atoms with Gasteiger partial charge in [0.2, 0.25) is 0 Å². The Hall–Kier alpha value is -1.55. The molecule has 1 amide bonds. The summed E-state index contributed by atoms with van der Waals surface area (Å²) in [6.07, 6.45) is 0. The number of halogens is 1. The van der Waals surface area contributed by atoms with Crippen LogP contribution < -0.4 is 10.6 Å². The topological polar surface area (TPSA) is 53.5 Å². The zero-order chi connectivity index (χ0) is 13.3. The highest BCUT2D eigenvalue weighted by molar-refractivity contribution is 6.31. The van der Waals surface area contributed by atoms with E-state index in [-0.39, 0.29) is 11.9 Å². The summed E-state index contributed by atoms with van der Waals surface area (Å²) in [6, 6.07) is 5.29. The summed E-state index contributed by atoms with van der Waals surface area (Å²) < 4.78 is 0. The number of aryl methyl sites for hydroxylation is 1. The molecule has 2 rings (SSSR count). The monoisotopic (exact) mass is 265 g/mol. The lowest BCUT2D eigenvalue weighted by molar-refractivity contribution is -0.120. The van der Waals surface area contributed by atoms with E-state index >= 15 is 0 Å². The van der Waals surface area contributed by atoms with Crippen molar-refractivity contribution in [3.05, 3.63) is 34.3 Å². The fourth-order valence-electron chi connectivity index (χ4n) is 1.76. The summed E-state index contributed by atoms with van der Waals surface area (Å²) in [6.45, 7) is 5.91. The van der Waals surface area contributed by atoms with Crippen molar-refractivity contribution in [1.29, 1.82) is 0 Å². The molecule has 0 saturated carbocycles. The zero-order valence-corrected chi connectivity index (χ0v) is 11.4. The van der Waals surface area contributed by atoms with E-state index in [2.05, 4.69) is 15.6 Å². The van der Waals surface area contributed by atoms with E-state index in [1.165, 1.54) is 0 Å². The van der Waals surface area contributed by atoms with E-state index in [4.69, 9.17) is 11.6 Å². The van der Waals surface area contributed by atoms with Crippen molar-refractivity contribution in [2.45, 2.75) is 32.9 Å². The highest BCUT2D eigenvalue weighted by Crippen LogP contribution is 2.25. The van der Waals surface area contributed by atoms with Crippen LogP contribution in [0.3, 0.4) is 0 Å². The predicted octanol–water partition coefficient (Wildman–Crippen LogP) is 2.17. The minimum absolute atomic E-state index is 0.127. The fourth-order valence-corrected chi connectivity index (χ4v) is 1.95. The molecule has 0 fully saturated rings. The number of amides is 1.